The van der Waals surface area contributed by atoms with E-state index in [0.717, 1.165) is 24.6 Å². The van der Waals surface area contributed by atoms with Gasteiger partial charge in [-0.05, 0) is 26.0 Å². The number of nitrogens with zero attached hydrogens (tertiary/aromatic N) is 2. The van der Waals surface area contributed by atoms with Gasteiger partial charge in [-0.15, -0.1) is 0 Å². The summed E-state index contributed by atoms with van der Waals surface area (Å²) in [6, 6.07) is 11.1. The maximum Gasteiger partial charge on any atom is 0.183 e. The minimum atomic E-state index is 0.442. The average molecular weight is 273 g/mol. The first-order chi connectivity index (χ1) is 9.22. The van der Waals surface area contributed by atoms with Crippen molar-refractivity contribution in [3.63, 3.8) is 0 Å². The molecule has 1 N–H and O–H groups in total. The molecule has 1 aliphatic heterocycles. The van der Waals surface area contributed by atoms with Crippen LogP contribution in [0, 0.1) is 0 Å². The van der Waals surface area contributed by atoms with E-state index in [0.29, 0.717) is 6.04 Å². The molecule has 1 aliphatic rings. The molecule has 0 aliphatic carbocycles. The quantitative estimate of drug-likeness (QED) is 0.927. The Morgan fingerprint density at radius 3 is 2.79 bits per heavy atom. The second-order valence-corrected chi connectivity index (χ2v) is 6.28. The highest BCUT2D eigenvalue weighted by Gasteiger charge is 2.20. The van der Waals surface area contributed by atoms with E-state index < -0.39 is 0 Å². The van der Waals surface area contributed by atoms with E-state index in [4.69, 9.17) is 4.98 Å². The summed E-state index contributed by atoms with van der Waals surface area (Å²) in [5, 5.41) is 4.47. The summed E-state index contributed by atoms with van der Waals surface area (Å²) in [6.45, 7) is 6.34. The molecule has 0 radical (unpaired) electrons. The van der Waals surface area contributed by atoms with Gasteiger partial charge in [0.1, 0.15) is 0 Å². The van der Waals surface area contributed by atoms with Crippen molar-refractivity contribution < 1.29 is 0 Å². The van der Waals surface area contributed by atoms with Gasteiger partial charge in [-0.3, -0.25) is 0 Å². The van der Waals surface area contributed by atoms with E-state index in [9.17, 15) is 0 Å². The standard InChI is InChI=1S/C15H19N3S/c1-11(2)16-15-17-13-8-9-18(10-14(13)19-15)12-6-4-3-5-7-12/h3-7,11H,8-10H2,1-2H3,(H,16,17). The number of nitrogens with one attached hydrogen (secondary N) is 1. The van der Waals surface area contributed by atoms with Crippen molar-refractivity contribution in [2.75, 3.05) is 16.8 Å². The van der Waals surface area contributed by atoms with Crippen LogP contribution < -0.4 is 10.2 Å². The molecule has 0 fully saturated rings. The first kappa shape index (κ1) is 12.5. The van der Waals surface area contributed by atoms with Gasteiger partial charge in [0.05, 0.1) is 12.2 Å². The predicted molar refractivity (Wildman–Crippen MR) is 82.1 cm³/mol. The summed E-state index contributed by atoms with van der Waals surface area (Å²) in [7, 11) is 0. The molecule has 0 atom stereocenters. The van der Waals surface area contributed by atoms with Crippen molar-refractivity contribution in [3.8, 4) is 0 Å². The van der Waals surface area contributed by atoms with Gasteiger partial charge in [-0.25, -0.2) is 4.98 Å². The Labute approximate surface area is 118 Å². The monoisotopic (exact) mass is 273 g/mol. The van der Waals surface area contributed by atoms with Crippen molar-refractivity contribution in [1.29, 1.82) is 0 Å². The maximum atomic E-state index is 4.70. The van der Waals surface area contributed by atoms with Crippen LogP contribution in [-0.2, 0) is 13.0 Å². The first-order valence-corrected chi connectivity index (χ1v) is 7.59. The van der Waals surface area contributed by atoms with Crippen LogP contribution >= 0.6 is 11.3 Å². The van der Waals surface area contributed by atoms with Gasteiger partial charge in [0, 0.05) is 29.6 Å². The maximum absolute atomic E-state index is 4.70. The van der Waals surface area contributed by atoms with Gasteiger partial charge < -0.3 is 10.2 Å². The van der Waals surface area contributed by atoms with E-state index in [1.165, 1.54) is 16.3 Å². The van der Waals surface area contributed by atoms with Gasteiger partial charge >= 0.3 is 0 Å². The largest absolute Gasteiger partial charge is 0.366 e. The lowest BCUT2D eigenvalue weighted by Crippen LogP contribution is -2.29. The van der Waals surface area contributed by atoms with Crippen LogP contribution in [0.25, 0.3) is 0 Å². The number of para-hydroxylation sites is 1. The number of benzene rings is 1. The zero-order valence-electron chi connectivity index (χ0n) is 11.4. The minimum absolute atomic E-state index is 0.442. The molecule has 1 aromatic carbocycles. The number of fused-ring (bicyclic) bond motifs is 1. The summed E-state index contributed by atoms with van der Waals surface area (Å²) >= 11 is 1.80. The first-order valence-electron chi connectivity index (χ1n) is 6.77. The Kier molecular flexibility index (Phi) is 3.42. The molecular weight excluding hydrogens is 254 g/mol. The van der Waals surface area contributed by atoms with Gasteiger partial charge in [0.2, 0.25) is 0 Å². The van der Waals surface area contributed by atoms with Crippen LogP contribution in [0.4, 0.5) is 10.8 Å². The van der Waals surface area contributed by atoms with Crippen LogP contribution in [0.2, 0.25) is 0 Å². The summed E-state index contributed by atoms with van der Waals surface area (Å²) in [5.74, 6) is 0. The summed E-state index contributed by atoms with van der Waals surface area (Å²) in [6.07, 6.45) is 1.04. The Morgan fingerprint density at radius 2 is 2.05 bits per heavy atom. The third-order valence-electron chi connectivity index (χ3n) is 3.26. The Morgan fingerprint density at radius 1 is 1.26 bits per heavy atom. The van der Waals surface area contributed by atoms with E-state index in [-0.39, 0.29) is 0 Å². The lowest BCUT2D eigenvalue weighted by molar-refractivity contribution is 0.729. The van der Waals surface area contributed by atoms with Crippen LogP contribution in [0.15, 0.2) is 30.3 Å². The third-order valence-corrected chi connectivity index (χ3v) is 4.28. The molecule has 3 nitrogen and oxygen atoms in total. The number of hydrogen-bond acceptors (Lipinski definition) is 4. The predicted octanol–water partition coefficient (Wildman–Crippen LogP) is 3.53. The van der Waals surface area contributed by atoms with Gasteiger partial charge in [0.15, 0.2) is 5.13 Å². The van der Waals surface area contributed by atoms with E-state index in [1.54, 1.807) is 11.3 Å². The third kappa shape index (κ3) is 2.73. The molecule has 2 heterocycles. The molecule has 3 rings (SSSR count). The lowest BCUT2D eigenvalue weighted by atomic mass is 10.1. The number of anilines is 2. The number of aromatic nitrogens is 1. The van der Waals surface area contributed by atoms with Crippen LogP contribution in [0.1, 0.15) is 24.4 Å². The summed E-state index contributed by atoms with van der Waals surface area (Å²) < 4.78 is 0. The van der Waals surface area contributed by atoms with Crippen molar-refractivity contribution in [2.45, 2.75) is 32.9 Å². The molecule has 0 unspecified atom stereocenters. The molecule has 0 saturated carbocycles. The topological polar surface area (TPSA) is 28.2 Å². The van der Waals surface area contributed by atoms with Crippen LogP contribution in [0.3, 0.4) is 0 Å². The van der Waals surface area contributed by atoms with Crippen molar-refractivity contribution >= 4 is 22.2 Å². The molecule has 19 heavy (non-hydrogen) atoms. The second kappa shape index (κ2) is 5.21. The zero-order chi connectivity index (χ0) is 13.2. The fourth-order valence-corrected chi connectivity index (χ4v) is 3.53. The van der Waals surface area contributed by atoms with E-state index >= 15 is 0 Å². The molecule has 0 amide bonds. The highest BCUT2D eigenvalue weighted by molar-refractivity contribution is 7.15. The number of hydrogen-bond donors (Lipinski definition) is 1. The summed E-state index contributed by atoms with van der Waals surface area (Å²) in [4.78, 5) is 8.53. The highest BCUT2D eigenvalue weighted by atomic mass is 32.1. The fourth-order valence-electron chi connectivity index (χ4n) is 2.36. The molecule has 2 aromatic rings. The van der Waals surface area contributed by atoms with Gasteiger partial charge in [0.25, 0.3) is 0 Å². The van der Waals surface area contributed by atoms with Crippen molar-refractivity contribution in [1.82, 2.24) is 4.98 Å². The number of rotatable bonds is 3. The Hall–Kier alpha value is -1.55. The molecule has 0 spiro atoms. The number of thiazole rings is 1. The summed E-state index contributed by atoms with van der Waals surface area (Å²) in [5.41, 5.74) is 2.58. The highest BCUT2D eigenvalue weighted by Crippen LogP contribution is 2.30. The van der Waals surface area contributed by atoms with E-state index in [2.05, 4.69) is 54.4 Å². The van der Waals surface area contributed by atoms with Crippen LogP contribution in [0.5, 0.6) is 0 Å². The molecule has 0 saturated heterocycles. The van der Waals surface area contributed by atoms with Gasteiger partial charge in [-0.1, -0.05) is 29.5 Å². The smallest absolute Gasteiger partial charge is 0.183 e. The average Bonchev–Trinajstić information content (AvgIpc) is 2.79. The fraction of sp³-hybridized carbons (Fsp3) is 0.400. The minimum Gasteiger partial charge on any atom is -0.366 e. The normalized spacial score (nSPS) is 14.6. The molecule has 0 bridgehead atoms. The SMILES string of the molecule is CC(C)Nc1nc2c(s1)CN(c1ccccc1)CC2. The molecule has 4 heteroatoms. The van der Waals surface area contributed by atoms with Crippen molar-refractivity contribution in [3.05, 3.63) is 40.9 Å². The second-order valence-electron chi connectivity index (χ2n) is 5.20. The van der Waals surface area contributed by atoms with Crippen molar-refractivity contribution in [2.24, 2.45) is 0 Å². The van der Waals surface area contributed by atoms with Gasteiger partial charge in [-0.2, -0.15) is 0 Å². The van der Waals surface area contributed by atoms with Crippen LogP contribution in [-0.4, -0.2) is 17.6 Å². The molecule has 1 aromatic heterocycles. The molecule has 100 valence electrons. The van der Waals surface area contributed by atoms with E-state index in [1.807, 2.05) is 0 Å². The Bertz CT molecular complexity index is 548. The Balaban J connectivity index is 1.78. The lowest BCUT2D eigenvalue weighted by Gasteiger charge is -2.28. The zero-order valence-corrected chi connectivity index (χ0v) is 12.2. The molecular formula is C15H19N3S.